The Labute approximate surface area is 282 Å². The summed E-state index contributed by atoms with van der Waals surface area (Å²) >= 11 is 1.59. The van der Waals surface area contributed by atoms with Crippen LogP contribution in [0.5, 0.6) is 17.2 Å². The van der Waals surface area contributed by atoms with Crippen LogP contribution < -0.4 is 41.1 Å². The number of hydrogen-bond donors (Lipinski definition) is 4. The molecule has 2 atom stereocenters. The van der Waals surface area contributed by atoms with Gasteiger partial charge in [-0.3, -0.25) is 19.2 Å². The molecule has 5 rings (SSSR count). The van der Waals surface area contributed by atoms with Gasteiger partial charge in [0, 0.05) is 29.6 Å². The van der Waals surface area contributed by atoms with Crippen LogP contribution >= 0.6 is 11.8 Å². The van der Waals surface area contributed by atoms with Crippen molar-refractivity contribution in [1.82, 2.24) is 10.3 Å². The molecular formula is C36H40N4O7S. The number of ether oxygens (including phenoxy) is 3. The highest BCUT2D eigenvalue weighted by Gasteiger charge is 2.30. The van der Waals surface area contributed by atoms with Crippen LogP contribution in [0.4, 0.5) is 11.4 Å². The molecule has 0 bridgehead atoms. The van der Waals surface area contributed by atoms with Gasteiger partial charge in [0.2, 0.25) is 28.6 Å². The second-order valence-electron chi connectivity index (χ2n) is 11.6. The molecule has 4 aromatic rings. The predicted molar refractivity (Wildman–Crippen MR) is 191 cm³/mol. The maximum atomic E-state index is 13.9. The fourth-order valence-corrected chi connectivity index (χ4v) is 6.73. The highest BCUT2D eigenvalue weighted by Crippen LogP contribution is 2.50. The van der Waals surface area contributed by atoms with Gasteiger partial charge in [-0.1, -0.05) is 12.1 Å². The van der Waals surface area contributed by atoms with Crippen LogP contribution in [0.3, 0.4) is 0 Å². The quantitative estimate of drug-likeness (QED) is 0.169. The number of hydrogen-bond acceptors (Lipinski definition) is 9. The summed E-state index contributed by atoms with van der Waals surface area (Å²) in [4.78, 5) is 54.8. The van der Waals surface area contributed by atoms with Gasteiger partial charge in [0.05, 0.1) is 38.6 Å². The monoisotopic (exact) mass is 672 g/mol. The number of anilines is 2. The maximum Gasteiger partial charge on any atom is 0.248 e. The van der Waals surface area contributed by atoms with Crippen molar-refractivity contribution < 1.29 is 23.8 Å². The van der Waals surface area contributed by atoms with Gasteiger partial charge in [-0.25, -0.2) is 0 Å². The molecule has 0 saturated carbocycles. The van der Waals surface area contributed by atoms with E-state index in [0.717, 1.165) is 22.1 Å². The second kappa shape index (κ2) is 14.8. The second-order valence-corrected chi connectivity index (χ2v) is 12.6. The van der Waals surface area contributed by atoms with E-state index in [1.165, 1.54) is 26.2 Å². The third kappa shape index (κ3) is 7.13. The van der Waals surface area contributed by atoms with Gasteiger partial charge < -0.3 is 35.1 Å². The standard InChI is InChI=1S/C36H40N4O7S/c1-19-15-32(43)40-29-17-22(8-9-23(19)29)38-36(44)28(13-14-48-6)39-27-12-10-24-25(18-30(27)42)26(37-20(2)41)11-7-21-16-31(45-3)34(46-4)35(47-5)33(21)24/h8-10,12,15-18,26,28H,7,11,13-14H2,1-6H3,(H,37,41)(H,38,44)(H,39,42)(H,40,43)/t26-,28?/m0/s1. The number of aryl methyl sites for hydroxylation is 2. The SMILES string of the molecule is COc1cc2c(c(OC)c1OC)-c1ccc(NC(CCSC)C(=O)Nc3ccc4c(C)cc(=O)[nH]c4c3)c(=O)cc1[C@@H](NC(C)=O)CC2. The van der Waals surface area contributed by atoms with Crippen molar-refractivity contribution >= 4 is 45.9 Å². The van der Waals surface area contributed by atoms with Crippen LogP contribution in [0.2, 0.25) is 0 Å². The molecule has 0 radical (unpaired) electrons. The third-order valence-electron chi connectivity index (χ3n) is 8.49. The number of benzene rings is 2. The molecule has 1 aliphatic carbocycles. The highest BCUT2D eigenvalue weighted by molar-refractivity contribution is 7.98. The topological polar surface area (TPSA) is 148 Å². The summed E-state index contributed by atoms with van der Waals surface area (Å²) in [6, 6.07) is 12.6. The van der Waals surface area contributed by atoms with Crippen LogP contribution in [0, 0.1) is 6.92 Å². The van der Waals surface area contributed by atoms with E-state index in [4.69, 9.17) is 14.2 Å². The summed E-state index contributed by atoms with van der Waals surface area (Å²) in [5, 5.41) is 10.0. The zero-order valence-corrected chi connectivity index (χ0v) is 28.7. The Morgan fingerprint density at radius 3 is 2.46 bits per heavy atom. The van der Waals surface area contributed by atoms with Crippen molar-refractivity contribution in [2.75, 3.05) is 44.0 Å². The molecule has 1 heterocycles. The van der Waals surface area contributed by atoms with Gasteiger partial charge in [-0.05, 0) is 90.8 Å². The number of pyridine rings is 1. The van der Waals surface area contributed by atoms with Gasteiger partial charge in [0.25, 0.3) is 0 Å². The van der Waals surface area contributed by atoms with E-state index < -0.39 is 12.1 Å². The van der Waals surface area contributed by atoms with E-state index in [2.05, 4.69) is 20.9 Å². The van der Waals surface area contributed by atoms with Crippen LogP contribution in [0.15, 0.2) is 58.1 Å². The average Bonchev–Trinajstić information content (AvgIpc) is 3.29. The summed E-state index contributed by atoms with van der Waals surface area (Å²) in [6.45, 7) is 3.31. The lowest BCUT2D eigenvalue weighted by atomic mass is 9.95. The summed E-state index contributed by atoms with van der Waals surface area (Å²) in [7, 11) is 4.64. The first-order valence-electron chi connectivity index (χ1n) is 15.6. The van der Waals surface area contributed by atoms with Crippen molar-refractivity contribution in [2.45, 2.75) is 45.2 Å². The van der Waals surface area contributed by atoms with Crippen molar-refractivity contribution in [3.05, 3.63) is 85.8 Å². The smallest absolute Gasteiger partial charge is 0.248 e. The molecule has 1 aliphatic rings. The number of methoxy groups -OCH3 is 3. The molecule has 12 heteroatoms. The van der Waals surface area contributed by atoms with Gasteiger partial charge in [-0.15, -0.1) is 0 Å². The number of carbonyl (C=O) groups is 2. The lowest BCUT2D eigenvalue weighted by Crippen LogP contribution is -2.36. The number of carbonyl (C=O) groups excluding carboxylic acids is 2. The Bertz CT molecular complexity index is 1990. The van der Waals surface area contributed by atoms with E-state index >= 15 is 0 Å². The Kier molecular flexibility index (Phi) is 10.6. The number of aromatic nitrogens is 1. The Morgan fingerprint density at radius 1 is 1.00 bits per heavy atom. The van der Waals surface area contributed by atoms with E-state index in [1.807, 2.05) is 31.4 Å². The lowest BCUT2D eigenvalue weighted by Gasteiger charge is -2.19. The predicted octanol–water partition coefficient (Wildman–Crippen LogP) is 5.19. The summed E-state index contributed by atoms with van der Waals surface area (Å²) in [5.41, 5.74) is 4.60. The number of aromatic amines is 1. The number of nitrogens with one attached hydrogen (secondary N) is 4. The average molecular weight is 673 g/mol. The minimum absolute atomic E-state index is 0.222. The summed E-state index contributed by atoms with van der Waals surface area (Å²) in [6.07, 6.45) is 3.50. The van der Waals surface area contributed by atoms with E-state index in [9.17, 15) is 19.2 Å². The fraction of sp³-hybridized carbons (Fsp3) is 0.333. The van der Waals surface area contributed by atoms with E-state index in [1.54, 1.807) is 44.2 Å². The molecule has 1 unspecified atom stereocenters. The molecule has 252 valence electrons. The molecule has 0 aliphatic heterocycles. The van der Waals surface area contributed by atoms with Crippen LogP contribution in [-0.4, -0.2) is 56.2 Å². The number of H-pyrrole nitrogens is 1. The summed E-state index contributed by atoms with van der Waals surface area (Å²) < 4.78 is 17.2. The molecular weight excluding hydrogens is 632 g/mol. The van der Waals surface area contributed by atoms with E-state index in [0.29, 0.717) is 64.6 Å². The van der Waals surface area contributed by atoms with Gasteiger partial charge in [0.15, 0.2) is 11.5 Å². The Balaban J connectivity index is 1.57. The van der Waals surface area contributed by atoms with Crippen molar-refractivity contribution in [3.8, 4) is 28.4 Å². The van der Waals surface area contributed by atoms with Crippen LogP contribution in [0.1, 0.15) is 42.5 Å². The zero-order chi connectivity index (χ0) is 34.5. The molecule has 11 nitrogen and oxygen atoms in total. The minimum atomic E-state index is -0.753. The first-order valence-corrected chi connectivity index (χ1v) is 16.9. The van der Waals surface area contributed by atoms with E-state index in [-0.39, 0.29) is 28.5 Å². The van der Waals surface area contributed by atoms with Gasteiger partial charge in [-0.2, -0.15) is 11.8 Å². The summed E-state index contributed by atoms with van der Waals surface area (Å²) in [5.74, 6) is 1.49. The Morgan fingerprint density at radius 2 is 1.77 bits per heavy atom. The molecule has 3 aromatic carbocycles. The highest BCUT2D eigenvalue weighted by atomic mass is 32.2. The van der Waals surface area contributed by atoms with Gasteiger partial charge in [0.1, 0.15) is 6.04 Å². The molecule has 48 heavy (non-hydrogen) atoms. The third-order valence-corrected chi connectivity index (χ3v) is 9.13. The molecule has 0 saturated heterocycles. The number of fused-ring (bicyclic) bond motifs is 4. The largest absolute Gasteiger partial charge is 0.493 e. The molecule has 2 amide bonds. The fourth-order valence-electron chi connectivity index (χ4n) is 6.26. The zero-order valence-electron chi connectivity index (χ0n) is 27.9. The minimum Gasteiger partial charge on any atom is -0.493 e. The lowest BCUT2D eigenvalue weighted by molar-refractivity contribution is -0.120. The normalized spacial score (nSPS) is 14.2. The molecule has 4 N–H and O–H groups in total. The number of thioether (sulfide) groups is 1. The van der Waals surface area contributed by atoms with Crippen LogP contribution in [0.25, 0.3) is 22.0 Å². The first-order chi connectivity index (χ1) is 23.1. The molecule has 0 fully saturated rings. The van der Waals surface area contributed by atoms with Crippen molar-refractivity contribution in [3.63, 3.8) is 0 Å². The van der Waals surface area contributed by atoms with Crippen molar-refractivity contribution in [1.29, 1.82) is 0 Å². The molecule has 1 aromatic heterocycles. The Hall–Kier alpha value is -4.97. The van der Waals surface area contributed by atoms with Crippen molar-refractivity contribution in [2.24, 2.45) is 0 Å². The maximum absolute atomic E-state index is 13.9. The van der Waals surface area contributed by atoms with Crippen LogP contribution in [-0.2, 0) is 16.0 Å². The van der Waals surface area contributed by atoms with Gasteiger partial charge >= 0.3 is 0 Å². The number of rotatable bonds is 11. The molecule has 0 spiro atoms. The number of amides is 2. The first kappa shape index (κ1) is 34.4.